The molecule has 110 valence electrons. The first-order chi connectivity index (χ1) is 10.2. The molecule has 0 bridgehead atoms. The van der Waals surface area contributed by atoms with Crippen LogP contribution in [0.3, 0.4) is 0 Å². The second-order valence-electron chi connectivity index (χ2n) is 4.66. The summed E-state index contributed by atoms with van der Waals surface area (Å²) in [6.07, 6.45) is 4.09. The largest absolute Gasteiger partial charge is 0.299 e. The number of carbonyl (C=O) groups excluding carboxylic acids is 1. The lowest BCUT2D eigenvalue weighted by Crippen LogP contribution is -2.39. The van der Waals surface area contributed by atoms with Crippen LogP contribution in [0, 0.1) is 0 Å². The maximum absolute atomic E-state index is 12.0. The van der Waals surface area contributed by atoms with Gasteiger partial charge in [0.2, 0.25) is 11.0 Å². The van der Waals surface area contributed by atoms with Gasteiger partial charge >= 0.3 is 0 Å². The number of likely N-dealkylation sites (N-methyl/N-ethyl adjacent to an activating group) is 1. The van der Waals surface area contributed by atoms with Crippen molar-refractivity contribution >= 4 is 28.5 Å². The second kappa shape index (κ2) is 7.66. The predicted molar refractivity (Wildman–Crippen MR) is 86.1 cm³/mol. The lowest BCUT2D eigenvalue weighted by molar-refractivity contribution is -0.120. The summed E-state index contributed by atoms with van der Waals surface area (Å²) in [6, 6.07) is 9.84. The van der Waals surface area contributed by atoms with Crippen molar-refractivity contribution in [3.8, 4) is 0 Å². The van der Waals surface area contributed by atoms with Crippen LogP contribution in [-0.2, 0) is 4.79 Å². The average Bonchev–Trinajstić information content (AvgIpc) is 3.00. The molecule has 1 aromatic carbocycles. The van der Waals surface area contributed by atoms with Gasteiger partial charge < -0.3 is 0 Å². The van der Waals surface area contributed by atoms with Gasteiger partial charge in [0, 0.05) is 6.54 Å². The molecule has 0 aliphatic rings. The minimum Gasteiger partial charge on any atom is -0.299 e. The Bertz CT molecular complexity index is 583. The van der Waals surface area contributed by atoms with Crippen molar-refractivity contribution in [2.75, 3.05) is 18.9 Å². The quantitative estimate of drug-likeness (QED) is 0.891. The van der Waals surface area contributed by atoms with E-state index in [0.29, 0.717) is 11.7 Å². The Morgan fingerprint density at radius 2 is 2.19 bits per heavy atom. The smallest absolute Gasteiger partial charge is 0.243 e. The molecule has 6 heteroatoms. The lowest BCUT2D eigenvalue weighted by Gasteiger charge is -2.21. The monoisotopic (exact) mass is 302 g/mol. The van der Waals surface area contributed by atoms with Crippen LogP contribution in [0.2, 0.25) is 0 Å². The van der Waals surface area contributed by atoms with Crippen LogP contribution in [0.5, 0.6) is 0 Å². The number of benzene rings is 1. The third-order valence-corrected chi connectivity index (χ3v) is 3.74. The SMILES string of the molecule is CC(C(=O)Nc1nncs1)N(C)CC=Cc1ccccc1. The van der Waals surface area contributed by atoms with Crippen molar-refractivity contribution in [3.05, 3.63) is 47.5 Å². The Morgan fingerprint density at radius 3 is 2.86 bits per heavy atom. The van der Waals surface area contributed by atoms with Gasteiger partial charge in [0.25, 0.3) is 0 Å². The number of amides is 1. The number of hydrogen-bond donors (Lipinski definition) is 1. The highest BCUT2D eigenvalue weighted by Gasteiger charge is 2.17. The maximum atomic E-state index is 12.0. The second-order valence-corrected chi connectivity index (χ2v) is 5.49. The van der Waals surface area contributed by atoms with E-state index in [9.17, 15) is 4.79 Å². The van der Waals surface area contributed by atoms with E-state index in [1.165, 1.54) is 11.3 Å². The Balaban J connectivity index is 1.83. The highest BCUT2D eigenvalue weighted by molar-refractivity contribution is 7.13. The van der Waals surface area contributed by atoms with Gasteiger partial charge in [-0.15, -0.1) is 10.2 Å². The van der Waals surface area contributed by atoms with Gasteiger partial charge in [0.1, 0.15) is 5.51 Å². The minimum atomic E-state index is -0.241. The van der Waals surface area contributed by atoms with Gasteiger partial charge in [0.05, 0.1) is 6.04 Å². The molecule has 1 amide bonds. The topological polar surface area (TPSA) is 58.1 Å². The molecule has 0 aliphatic heterocycles. The van der Waals surface area contributed by atoms with Crippen molar-refractivity contribution in [2.24, 2.45) is 0 Å². The zero-order valence-corrected chi connectivity index (χ0v) is 12.9. The van der Waals surface area contributed by atoms with E-state index in [1.54, 1.807) is 5.51 Å². The highest BCUT2D eigenvalue weighted by Crippen LogP contribution is 2.09. The fourth-order valence-electron chi connectivity index (χ4n) is 1.71. The number of rotatable bonds is 6. The van der Waals surface area contributed by atoms with Gasteiger partial charge in [-0.25, -0.2) is 0 Å². The van der Waals surface area contributed by atoms with Gasteiger partial charge in [-0.05, 0) is 19.5 Å². The van der Waals surface area contributed by atoms with Crippen LogP contribution in [0.25, 0.3) is 6.08 Å². The number of nitrogens with one attached hydrogen (secondary N) is 1. The predicted octanol–water partition coefficient (Wildman–Crippen LogP) is 2.51. The molecule has 1 N–H and O–H groups in total. The van der Waals surface area contributed by atoms with Crippen molar-refractivity contribution in [1.82, 2.24) is 15.1 Å². The molecule has 1 atom stereocenters. The summed E-state index contributed by atoms with van der Waals surface area (Å²) < 4.78 is 0. The third kappa shape index (κ3) is 4.77. The molecule has 0 aliphatic carbocycles. The molecular formula is C15H18N4OS. The summed E-state index contributed by atoms with van der Waals surface area (Å²) in [5.74, 6) is -0.0811. The van der Waals surface area contributed by atoms with Gasteiger partial charge in [-0.3, -0.25) is 15.0 Å². The summed E-state index contributed by atoms with van der Waals surface area (Å²) >= 11 is 1.31. The van der Waals surface area contributed by atoms with Crippen molar-refractivity contribution in [2.45, 2.75) is 13.0 Å². The number of carbonyl (C=O) groups is 1. The number of hydrogen-bond acceptors (Lipinski definition) is 5. The molecule has 0 radical (unpaired) electrons. The Hall–Kier alpha value is -2.05. The van der Waals surface area contributed by atoms with Crippen molar-refractivity contribution in [3.63, 3.8) is 0 Å². The van der Waals surface area contributed by atoms with Crippen LogP contribution in [0.4, 0.5) is 5.13 Å². The molecule has 1 heterocycles. The molecular weight excluding hydrogens is 284 g/mol. The number of nitrogens with zero attached hydrogens (tertiary/aromatic N) is 3. The Morgan fingerprint density at radius 1 is 1.43 bits per heavy atom. The Labute approximate surface area is 128 Å². The average molecular weight is 302 g/mol. The van der Waals surface area contributed by atoms with Crippen molar-refractivity contribution < 1.29 is 4.79 Å². The van der Waals surface area contributed by atoms with E-state index in [4.69, 9.17) is 0 Å². The standard InChI is InChI=1S/C15H18N4OS/c1-12(14(20)17-15-18-16-11-21-15)19(2)10-6-9-13-7-4-3-5-8-13/h3-9,11-12H,10H2,1-2H3,(H,17,18,20). The molecule has 0 fully saturated rings. The summed E-state index contributed by atoms with van der Waals surface area (Å²) in [6.45, 7) is 2.56. The van der Waals surface area contributed by atoms with E-state index in [1.807, 2.05) is 61.4 Å². The van der Waals surface area contributed by atoms with E-state index in [2.05, 4.69) is 15.5 Å². The maximum Gasteiger partial charge on any atom is 0.243 e. The summed E-state index contributed by atoms with van der Waals surface area (Å²) in [5.41, 5.74) is 2.74. The fraction of sp³-hybridized carbons (Fsp3) is 0.267. The normalized spacial score (nSPS) is 12.7. The zero-order valence-electron chi connectivity index (χ0n) is 12.1. The molecule has 1 unspecified atom stereocenters. The van der Waals surface area contributed by atoms with E-state index in [-0.39, 0.29) is 11.9 Å². The van der Waals surface area contributed by atoms with E-state index < -0.39 is 0 Å². The van der Waals surface area contributed by atoms with E-state index >= 15 is 0 Å². The minimum absolute atomic E-state index is 0.0811. The fourth-order valence-corrected chi connectivity index (χ4v) is 2.16. The van der Waals surface area contributed by atoms with Crippen LogP contribution in [-0.4, -0.2) is 40.6 Å². The molecule has 5 nitrogen and oxygen atoms in total. The van der Waals surface area contributed by atoms with Crippen LogP contribution in [0.1, 0.15) is 12.5 Å². The molecule has 2 aromatic rings. The first kappa shape index (κ1) is 15.3. The highest BCUT2D eigenvalue weighted by atomic mass is 32.1. The van der Waals surface area contributed by atoms with Crippen molar-refractivity contribution in [1.29, 1.82) is 0 Å². The molecule has 2 rings (SSSR count). The number of anilines is 1. The lowest BCUT2D eigenvalue weighted by atomic mass is 10.2. The van der Waals surface area contributed by atoms with Crippen LogP contribution in [0.15, 0.2) is 41.9 Å². The molecule has 21 heavy (non-hydrogen) atoms. The zero-order chi connectivity index (χ0) is 15.1. The van der Waals surface area contributed by atoms with Gasteiger partial charge in [-0.2, -0.15) is 0 Å². The van der Waals surface area contributed by atoms with E-state index in [0.717, 1.165) is 5.56 Å². The third-order valence-electron chi connectivity index (χ3n) is 3.13. The first-order valence-corrected chi connectivity index (χ1v) is 7.53. The summed E-state index contributed by atoms with van der Waals surface area (Å²) in [5, 5.41) is 10.8. The molecule has 0 spiro atoms. The van der Waals surface area contributed by atoms with Crippen LogP contribution < -0.4 is 5.32 Å². The number of aromatic nitrogens is 2. The first-order valence-electron chi connectivity index (χ1n) is 6.65. The summed E-state index contributed by atoms with van der Waals surface area (Å²) in [7, 11) is 1.92. The van der Waals surface area contributed by atoms with Gasteiger partial charge in [0.15, 0.2) is 0 Å². The van der Waals surface area contributed by atoms with Gasteiger partial charge in [-0.1, -0.05) is 53.8 Å². The summed E-state index contributed by atoms with van der Waals surface area (Å²) in [4.78, 5) is 14.0. The Kier molecular flexibility index (Phi) is 5.59. The molecule has 1 aromatic heterocycles. The molecule has 0 saturated carbocycles. The van der Waals surface area contributed by atoms with Crippen LogP contribution >= 0.6 is 11.3 Å². The molecule has 0 saturated heterocycles.